The summed E-state index contributed by atoms with van der Waals surface area (Å²) in [6, 6.07) is 3.07. The van der Waals surface area contributed by atoms with Gasteiger partial charge in [0, 0.05) is 37.5 Å². The third kappa shape index (κ3) is 4.68. The number of carbonyl (C=O) groups is 2. The molecule has 2 atom stereocenters. The first-order valence-corrected chi connectivity index (χ1v) is 12.1. The van der Waals surface area contributed by atoms with Crippen molar-refractivity contribution in [1.29, 1.82) is 0 Å². The fraction of sp³-hybridized carbons (Fsp3) is 0.500. The number of benzene rings is 1. The molecular weight excluding hydrogens is 456 g/mol. The molecule has 7 nitrogen and oxygen atoms in total. The first-order chi connectivity index (χ1) is 16.7. The molecule has 1 saturated heterocycles. The minimum absolute atomic E-state index is 0.0899. The van der Waals surface area contributed by atoms with Gasteiger partial charge in [-0.3, -0.25) is 14.4 Å². The van der Waals surface area contributed by atoms with Crippen LogP contribution in [0.15, 0.2) is 29.2 Å². The van der Waals surface area contributed by atoms with Crippen molar-refractivity contribution in [1.82, 2.24) is 14.8 Å². The summed E-state index contributed by atoms with van der Waals surface area (Å²) in [7, 11) is 0. The molecule has 1 fully saturated rings. The molecule has 0 unspecified atom stereocenters. The van der Waals surface area contributed by atoms with Crippen molar-refractivity contribution in [3.05, 3.63) is 63.1 Å². The lowest BCUT2D eigenvalue weighted by atomic mass is 9.91. The van der Waals surface area contributed by atoms with Crippen LogP contribution in [0.1, 0.15) is 72.9 Å². The van der Waals surface area contributed by atoms with Crippen LogP contribution in [0.3, 0.4) is 0 Å². The van der Waals surface area contributed by atoms with Crippen LogP contribution < -0.4 is 15.5 Å². The summed E-state index contributed by atoms with van der Waals surface area (Å²) < 4.78 is 34.6. The zero-order chi connectivity index (χ0) is 25.3. The van der Waals surface area contributed by atoms with E-state index in [1.165, 1.54) is 12.3 Å². The molecular formula is C26H31F2N3O4. The quantitative estimate of drug-likeness (QED) is 0.573. The normalized spacial score (nSPS) is 21.0. The van der Waals surface area contributed by atoms with Gasteiger partial charge in [0.15, 0.2) is 11.4 Å². The molecule has 1 aromatic heterocycles. The molecule has 1 N–H and O–H groups in total. The van der Waals surface area contributed by atoms with E-state index in [0.29, 0.717) is 25.4 Å². The minimum Gasteiger partial charge on any atom is -0.487 e. The van der Waals surface area contributed by atoms with Crippen LogP contribution in [0.2, 0.25) is 0 Å². The largest absolute Gasteiger partial charge is 0.487 e. The summed E-state index contributed by atoms with van der Waals surface area (Å²) in [5, 5.41) is 2.54. The van der Waals surface area contributed by atoms with Crippen molar-refractivity contribution in [2.45, 2.75) is 65.1 Å². The Balaban J connectivity index is 1.69. The Morgan fingerprint density at radius 3 is 2.71 bits per heavy atom. The number of nitrogens with one attached hydrogen (secondary N) is 1. The third-order valence-corrected chi connectivity index (χ3v) is 7.04. The monoisotopic (exact) mass is 487 g/mol. The second kappa shape index (κ2) is 9.79. The zero-order valence-corrected chi connectivity index (χ0v) is 20.3. The average Bonchev–Trinajstić information content (AvgIpc) is 3.16. The summed E-state index contributed by atoms with van der Waals surface area (Å²) in [5.41, 5.74) is -1.02. The molecule has 2 aromatic rings. The van der Waals surface area contributed by atoms with E-state index >= 15 is 0 Å². The van der Waals surface area contributed by atoms with E-state index in [-0.39, 0.29) is 41.6 Å². The molecule has 0 bridgehead atoms. The molecule has 35 heavy (non-hydrogen) atoms. The van der Waals surface area contributed by atoms with E-state index in [1.54, 1.807) is 4.57 Å². The lowest BCUT2D eigenvalue weighted by Gasteiger charge is -2.41. The number of amides is 2. The fourth-order valence-corrected chi connectivity index (χ4v) is 5.06. The average molecular weight is 488 g/mol. The van der Waals surface area contributed by atoms with Crippen molar-refractivity contribution in [2.75, 3.05) is 13.2 Å². The van der Waals surface area contributed by atoms with Gasteiger partial charge in [-0.05, 0) is 31.7 Å². The number of halogens is 2. The van der Waals surface area contributed by atoms with Crippen molar-refractivity contribution in [2.24, 2.45) is 5.92 Å². The molecule has 0 spiro atoms. The Bertz CT molecular complexity index is 1210. The highest BCUT2D eigenvalue weighted by molar-refractivity contribution is 5.99. The van der Waals surface area contributed by atoms with Gasteiger partial charge in [0.2, 0.25) is 5.43 Å². The van der Waals surface area contributed by atoms with Crippen LogP contribution in [-0.4, -0.2) is 40.0 Å². The van der Waals surface area contributed by atoms with E-state index in [0.717, 1.165) is 31.4 Å². The molecule has 4 rings (SSSR count). The van der Waals surface area contributed by atoms with Crippen LogP contribution in [-0.2, 0) is 13.1 Å². The van der Waals surface area contributed by atoms with Gasteiger partial charge in [-0.15, -0.1) is 0 Å². The number of hydrogen-bond acceptors (Lipinski definition) is 4. The number of hydrogen-bond donors (Lipinski definition) is 1. The molecule has 2 aliphatic heterocycles. The van der Waals surface area contributed by atoms with Crippen LogP contribution >= 0.6 is 0 Å². The Kier molecular flexibility index (Phi) is 6.96. The smallest absolute Gasteiger partial charge is 0.275 e. The Hall–Kier alpha value is -3.23. The highest BCUT2D eigenvalue weighted by atomic mass is 19.1. The molecule has 188 valence electrons. The summed E-state index contributed by atoms with van der Waals surface area (Å²) in [6.07, 6.45) is 4.70. The maximum atomic E-state index is 14.0. The Labute approximate surface area is 203 Å². The van der Waals surface area contributed by atoms with Gasteiger partial charge in [-0.25, -0.2) is 8.78 Å². The van der Waals surface area contributed by atoms with E-state index in [1.807, 2.05) is 18.7 Å². The number of aromatic nitrogens is 1. The molecule has 0 radical (unpaired) electrons. The van der Waals surface area contributed by atoms with Gasteiger partial charge in [-0.2, -0.15) is 0 Å². The molecule has 1 aromatic carbocycles. The third-order valence-electron chi connectivity index (χ3n) is 7.04. The van der Waals surface area contributed by atoms with E-state index < -0.39 is 28.5 Å². The number of unbranched alkanes of at least 4 members (excludes halogenated alkanes) is 1. The fourth-order valence-electron chi connectivity index (χ4n) is 5.06. The predicted molar refractivity (Wildman–Crippen MR) is 126 cm³/mol. The first kappa shape index (κ1) is 24.9. The minimum atomic E-state index is -0.790. The number of pyridine rings is 1. The number of fused-ring (bicyclic) bond motifs is 2. The lowest BCUT2D eigenvalue weighted by Crippen LogP contribution is -2.53. The molecule has 9 heteroatoms. The van der Waals surface area contributed by atoms with Gasteiger partial charge in [0.05, 0.1) is 12.1 Å². The second-order valence-electron chi connectivity index (χ2n) is 9.69. The predicted octanol–water partition coefficient (Wildman–Crippen LogP) is 3.88. The topological polar surface area (TPSA) is 80.6 Å². The van der Waals surface area contributed by atoms with E-state index in [2.05, 4.69) is 12.2 Å². The van der Waals surface area contributed by atoms with Crippen molar-refractivity contribution >= 4 is 11.8 Å². The van der Waals surface area contributed by atoms with Crippen LogP contribution in [0.25, 0.3) is 0 Å². The standard InChI is InChI=1S/C26H31F2N3O4/c1-4-6-9-35-23-21-25(34)31-13-16(5-2)11-26(31,3)15-30(21)14-19(22(23)32)24(33)29-12-17-7-8-18(27)10-20(17)28/h7-8,10,14,16H,4-6,9,11-13,15H2,1-3H3,(H,29,33)/t16-,26+/m1/s1. The van der Waals surface area contributed by atoms with Crippen LogP contribution in [0.4, 0.5) is 8.78 Å². The van der Waals surface area contributed by atoms with Gasteiger partial charge in [0.25, 0.3) is 11.8 Å². The molecule has 2 amide bonds. The Morgan fingerprint density at radius 1 is 1.26 bits per heavy atom. The van der Waals surface area contributed by atoms with Gasteiger partial charge in [0.1, 0.15) is 17.2 Å². The SMILES string of the molecule is CCCCOc1c2n(cc(C(=O)NCc3ccc(F)cc3F)c1=O)C[C@]1(C)C[C@@H](CC)CN1C2=O. The Morgan fingerprint density at radius 2 is 2.03 bits per heavy atom. The molecule has 0 saturated carbocycles. The highest BCUT2D eigenvalue weighted by Gasteiger charge is 2.49. The molecule has 2 aliphatic rings. The van der Waals surface area contributed by atoms with Crippen molar-refractivity contribution in [3.8, 4) is 5.75 Å². The summed E-state index contributed by atoms with van der Waals surface area (Å²) in [4.78, 5) is 41.7. The number of rotatable bonds is 8. The van der Waals surface area contributed by atoms with Crippen LogP contribution in [0, 0.1) is 17.6 Å². The van der Waals surface area contributed by atoms with Crippen LogP contribution in [0.5, 0.6) is 5.75 Å². The maximum Gasteiger partial charge on any atom is 0.275 e. The second-order valence-corrected chi connectivity index (χ2v) is 9.69. The van der Waals surface area contributed by atoms with Gasteiger partial charge >= 0.3 is 0 Å². The first-order valence-electron chi connectivity index (χ1n) is 12.1. The summed E-state index contributed by atoms with van der Waals surface area (Å²) in [5.74, 6) is -2.24. The number of ether oxygens (including phenoxy) is 1. The molecule has 3 heterocycles. The number of nitrogens with zero attached hydrogens (tertiary/aromatic N) is 2. The van der Waals surface area contributed by atoms with Crippen molar-refractivity contribution < 1.29 is 23.1 Å². The van der Waals surface area contributed by atoms with Crippen molar-refractivity contribution in [3.63, 3.8) is 0 Å². The number of carbonyl (C=O) groups excluding carboxylic acids is 2. The summed E-state index contributed by atoms with van der Waals surface area (Å²) in [6.45, 7) is 7.18. The maximum absolute atomic E-state index is 14.0. The van der Waals surface area contributed by atoms with Gasteiger partial charge in [-0.1, -0.05) is 32.8 Å². The highest BCUT2D eigenvalue weighted by Crippen LogP contribution is 2.41. The van der Waals surface area contributed by atoms with Gasteiger partial charge < -0.3 is 19.5 Å². The molecule has 0 aliphatic carbocycles. The zero-order valence-electron chi connectivity index (χ0n) is 20.3. The summed E-state index contributed by atoms with van der Waals surface area (Å²) >= 11 is 0. The van der Waals surface area contributed by atoms with E-state index in [9.17, 15) is 23.2 Å². The van der Waals surface area contributed by atoms with E-state index in [4.69, 9.17) is 4.74 Å². The lowest BCUT2D eigenvalue weighted by molar-refractivity contribution is 0.0493.